The SMILES string of the molecule is Cc1cc(Nc2ccc3nc(-c4ccc(Nc5cc(C)nc6ccc(N7CCO[C@@H](C)C7)cc56)cn4)[nH]c3c2)ccn1. The van der Waals surface area contributed by atoms with Gasteiger partial charge >= 0.3 is 0 Å². The Kier molecular flexibility index (Phi) is 6.64. The molecule has 0 aliphatic carbocycles. The number of hydrogen-bond donors (Lipinski definition) is 3. The van der Waals surface area contributed by atoms with Crippen molar-refractivity contribution in [2.45, 2.75) is 26.9 Å². The zero-order valence-corrected chi connectivity index (χ0v) is 23.8. The number of morpholine rings is 1. The Morgan fingerprint density at radius 3 is 2.52 bits per heavy atom. The molecule has 2 aromatic carbocycles. The topological polar surface area (TPSA) is 104 Å². The van der Waals surface area contributed by atoms with Crippen LogP contribution in [-0.2, 0) is 4.74 Å². The van der Waals surface area contributed by atoms with Crippen LogP contribution in [0.5, 0.6) is 0 Å². The van der Waals surface area contributed by atoms with Gasteiger partial charge < -0.3 is 25.3 Å². The van der Waals surface area contributed by atoms with Crippen LogP contribution in [0.2, 0.25) is 0 Å². The fourth-order valence-corrected chi connectivity index (χ4v) is 5.46. The Morgan fingerprint density at radius 2 is 1.69 bits per heavy atom. The van der Waals surface area contributed by atoms with Crippen LogP contribution in [0.3, 0.4) is 0 Å². The molecule has 1 saturated heterocycles. The smallest absolute Gasteiger partial charge is 0.157 e. The quantitative estimate of drug-likeness (QED) is 0.204. The minimum absolute atomic E-state index is 0.217. The number of nitrogens with zero attached hydrogens (tertiary/aromatic N) is 5. The van der Waals surface area contributed by atoms with Gasteiger partial charge in [0.1, 0.15) is 5.69 Å². The van der Waals surface area contributed by atoms with Crippen LogP contribution < -0.4 is 15.5 Å². The molecule has 0 unspecified atom stereocenters. The van der Waals surface area contributed by atoms with Crippen molar-refractivity contribution in [1.82, 2.24) is 24.9 Å². The second-order valence-corrected chi connectivity index (χ2v) is 10.8. The van der Waals surface area contributed by atoms with Crippen LogP contribution in [0, 0.1) is 13.8 Å². The molecule has 9 heteroatoms. The van der Waals surface area contributed by atoms with Crippen molar-refractivity contribution in [2.24, 2.45) is 0 Å². The normalized spacial score (nSPS) is 15.3. The second kappa shape index (κ2) is 10.8. The summed E-state index contributed by atoms with van der Waals surface area (Å²) in [6, 6.07) is 22.6. The van der Waals surface area contributed by atoms with E-state index in [0.29, 0.717) is 0 Å². The highest BCUT2D eigenvalue weighted by atomic mass is 16.5. The molecule has 1 fully saturated rings. The number of H-pyrrole nitrogens is 1. The molecule has 6 aromatic rings. The Morgan fingerprint density at radius 1 is 0.833 bits per heavy atom. The van der Waals surface area contributed by atoms with E-state index in [-0.39, 0.29) is 6.10 Å². The van der Waals surface area contributed by atoms with E-state index in [4.69, 9.17) is 19.7 Å². The Labute approximate surface area is 244 Å². The maximum Gasteiger partial charge on any atom is 0.157 e. The first kappa shape index (κ1) is 25.9. The third-order valence-electron chi connectivity index (χ3n) is 7.48. The molecule has 9 nitrogen and oxygen atoms in total. The molecule has 1 aliphatic rings. The standard InChI is InChI=1S/C33H32N8O/c1-20-14-24(10-11-34-20)37-23-4-7-29-32(16-23)40-33(39-29)30-8-5-25(18-35-30)38-31-15-21(2)36-28-9-6-26(17-27(28)31)41-12-13-42-22(3)19-41/h4-11,14-18,22H,12-13,19H2,1-3H3,(H,34,37)(H,36,38)(H,39,40)/t22-/m0/s1. The zero-order chi connectivity index (χ0) is 28.6. The van der Waals surface area contributed by atoms with Gasteiger partial charge in [0.2, 0.25) is 0 Å². The number of benzene rings is 2. The van der Waals surface area contributed by atoms with Crippen LogP contribution in [0.15, 0.2) is 79.1 Å². The lowest BCUT2D eigenvalue weighted by atomic mass is 10.1. The molecule has 0 bridgehead atoms. The van der Waals surface area contributed by atoms with Gasteiger partial charge in [-0.05, 0) is 87.5 Å². The van der Waals surface area contributed by atoms with Crippen molar-refractivity contribution >= 4 is 50.4 Å². The maximum absolute atomic E-state index is 5.74. The summed E-state index contributed by atoms with van der Waals surface area (Å²) in [5.41, 5.74) is 10.5. The summed E-state index contributed by atoms with van der Waals surface area (Å²) in [6.45, 7) is 8.61. The second-order valence-electron chi connectivity index (χ2n) is 10.8. The van der Waals surface area contributed by atoms with E-state index in [1.165, 1.54) is 5.69 Å². The van der Waals surface area contributed by atoms with E-state index >= 15 is 0 Å². The molecule has 7 rings (SSSR count). The van der Waals surface area contributed by atoms with E-state index < -0.39 is 0 Å². The number of pyridine rings is 3. The van der Waals surface area contributed by atoms with Gasteiger partial charge in [0.15, 0.2) is 5.82 Å². The van der Waals surface area contributed by atoms with Gasteiger partial charge in [-0.25, -0.2) is 4.98 Å². The van der Waals surface area contributed by atoms with Crippen LogP contribution in [0.25, 0.3) is 33.5 Å². The number of aromatic nitrogens is 5. The number of imidazole rings is 1. The summed E-state index contributed by atoms with van der Waals surface area (Å²) in [6.07, 6.45) is 3.86. The first-order valence-electron chi connectivity index (χ1n) is 14.2. The number of anilines is 5. The van der Waals surface area contributed by atoms with Crippen molar-refractivity contribution in [3.05, 3.63) is 90.5 Å². The lowest BCUT2D eigenvalue weighted by molar-refractivity contribution is 0.0532. The lowest BCUT2D eigenvalue weighted by Crippen LogP contribution is -2.41. The fraction of sp³-hybridized carbons (Fsp3) is 0.212. The molecule has 0 radical (unpaired) electrons. The van der Waals surface area contributed by atoms with Crippen molar-refractivity contribution in [3.63, 3.8) is 0 Å². The molecule has 4 aromatic heterocycles. The van der Waals surface area contributed by atoms with E-state index in [9.17, 15) is 0 Å². The number of fused-ring (bicyclic) bond motifs is 2. The average molecular weight is 557 g/mol. The minimum atomic E-state index is 0.217. The van der Waals surface area contributed by atoms with E-state index in [1.807, 2.05) is 56.4 Å². The summed E-state index contributed by atoms with van der Waals surface area (Å²) in [4.78, 5) is 24.3. The number of ether oxygens (including phenoxy) is 1. The van der Waals surface area contributed by atoms with Gasteiger partial charge in [0.25, 0.3) is 0 Å². The third-order valence-corrected chi connectivity index (χ3v) is 7.48. The van der Waals surface area contributed by atoms with E-state index in [1.54, 1.807) is 6.20 Å². The van der Waals surface area contributed by atoms with Crippen LogP contribution >= 0.6 is 0 Å². The highest BCUT2D eigenvalue weighted by molar-refractivity contribution is 5.95. The highest BCUT2D eigenvalue weighted by Gasteiger charge is 2.18. The minimum Gasteiger partial charge on any atom is -0.375 e. The van der Waals surface area contributed by atoms with E-state index in [2.05, 4.69) is 62.8 Å². The summed E-state index contributed by atoms with van der Waals surface area (Å²) in [5.74, 6) is 0.725. The average Bonchev–Trinajstić information content (AvgIpc) is 3.41. The molecule has 42 heavy (non-hydrogen) atoms. The number of aromatic amines is 1. The molecule has 0 saturated carbocycles. The molecular formula is C33H32N8O. The Bertz CT molecular complexity index is 1900. The molecule has 210 valence electrons. The fourth-order valence-electron chi connectivity index (χ4n) is 5.46. The van der Waals surface area contributed by atoms with E-state index in [0.717, 1.165) is 87.3 Å². The van der Waals surface area contributed by atoms with Gasteiger partial charge in [0, 0.05) is 58.8 Å². The molecule has 0 spiro atoms. The predicted molar refractivity (Wildman–Crippen MR) is 169 cm³/mol. The summed E-state index contributed by atoms with van der Waals surface area (Å²) < 4.78 is 5.74. The van der Waals surface area contributed by atoms with Crippen LogP contribution in [0.4, 0.5) is 28.4 Å². The summed E-state index contributed by atoms with van der Waals surface area (Å²) >= 11 is 0. The van der Waals surface area contributed by atoms with Crippen LogP contribution in [0.1, 0.15) is 18.3 Å². The predicted octanol–water partition coefficient (Wildman–Crippen LogP) is 6.90. The van der Waals surface area contributed by atoms with Gasteiger partial charge in [-0.15, -0.1) is 0 Å². The lowest BCUT2D eigenvalue weighted by Gasteiger charge is -2.33. The van der Waals surface area contributed by atoms with Gasteiger partial charge in [-0.3, -0.25) is 15.0 Å². The monoisotopic (exact) mass is 556 g/mol. The molecule has 5 heterocycles. The number of aryl methyl sites for hydroxylation is 2. The van der Waals surface area contributed by atoms with Gasteiger partial charge in [-0.2, -0.15) is 0 Å². The van der Waals surface area contributed by atoms with Crippen molar-refractivity contribution in [2.75, 3.05) is 35.2 Å². The van der Waals surface area contributed by atoms with Gasteiger partial charge in [-0.1, -0.05) is 0 Å². The maximum atomic E-state index is 5.74. The Hall–Kier alpha value is -5.02. The molecule has 1 atom stereocenters. The molecule has 3 N–H and O–H groups in total. The molecule has 0 amide bonds. The largest absolute Gasteiger partial charge is 0.375 e. The molecular weight excluding hydrogens is 524 g/mol. The third kappa shape index (κ3) is 5.34. The summed E-state index contributed by atoms with van der Waals surface area (Å²) in [5, 5.41) is 8.08. The Balaban J connectivity index is 1.12. The highest BCUT2D eigenvalue weighted by Crippen LogP contribution is 2.31. The zero-order valence-electron chi connectivity index (χ0n) is 23.8. The number of rotatable bonds is 6. The summed E-state index contributed by atoms with van der Waals surface area (Å²) in [7, 11) is 0. The van der Waals surface area contributed by atoms with Crippen molar-refractivity contribution in [3.8, 4) is 11.5 Å². The first-order chi connectivity index (χ1) is 20.5. The van der Waals surface area contributed by atoms with Crippen molar-refractivity contribution < 1.29 is 4.74 Å². The number of nitrogens with one attached hydrogen (secondary N) is 3. The van der Waals surface area contributed by atoms with Crippen molar-refractivity contribution in [1.29, 1.82) is 0 Å². The number of hydrogen-bond acceptors (Lipinski definition) is 8. The molecule has 1 aliphatic heterocycles. The van der Waals surface area contributed by atoms with Crippen LogP contribution in [-0.4, -0.2) is 50.7 Å². The van der Waals surface area contributed by atoms with Gasteiger partial charge in [0.05, 0.1) is 41.1 Å². The first-order valence-corrected chi connectivity index (χ1v) is 14.2.